The second-order valence-corrected chi connectivity index (χ2v) is 4.22. The predicted molar refractivity (Wildman–Crippen MR) is 67.1 cm³/mol. The third kappa shape index (κ3) is 3.42. The van der Waals surface area contributed by atoms with Crippen LogP contribution in [0.4, 0.5) is 0 Å². The number of rotatable bonds is 4. The normalized spacial score (nSPS) is 10.2. The molecule has 0 saturated carbocycles. The number of ether oxygens (including phenoxy) is 1. The van der Waals surface area contributed by atoms with Gasteiger partial charge in [-0.3, -0.25) is 4.98 Å². The van der Waals surface area contributed by atoms with E-state index in [2.05, 4.69) is 15.0 Å². The maximum absolute atomic E-state index is 5.59. The Hall–Kier alpha value is -1.62. The molecule has 0 unspecified atom stereocenters. The standard InChI is InChI=1S/C12H13N3OS/c1-9-7-11(15-12(14-9)17-2)16-8-10-5-3-4-6-13-10/h3-7H,8H2,1-2H3. The summed E-state index contributed by atoms with van der Waals surface area (Å²) in [5.41, 5.74) is 1.79. The van der Waals surface area contributed by atoms with Gasteiger partial charge in [-0.15, -0.1) is 0 Å². The molecule has 0 bridgehead atoms. The third-order valence-corrected chi connectivity index (χ3v) is 2.63. The van der Waals surface area contributed by atoms with Crippen LogP contribution in [0.1, 0.15) is 11.4 Å². The molecule has 0 aromatic carbocycles. The summed E-state index contributed by atoms with van der Waals surface area (Å²) in [6.45, 7) is 2.35. The van der Waals surface area contributed by atoms with E-state index in [1.54, 1.807) is 6.20 Å². The first-order chi connectivity index (χ1) is 8.28. The van der Waals surface area contributed by atoms with Crippen LogP contribution >= 0.6 is 11.8 Å². The van der Waals surface area contributed by atoms with Crippen molar-refractivity contribution in [3.8, 4) is 5.88 Å². The van der Waals surface area contributed by atoms with E-state index in [1.165, 1.54) is 11.8 Å². The van der Waals surface area contributed by atoms with E-state index in [4.69, 9.17) is 4.74 Å². The Morgan fingerprint density at radius 2 is 2.18 bits per heavy atom. The zero-order valence-corrected chi connectivity index (χ0v) is 10.6. The highest BCUT2D eigenvalue weighted by atomic mass is 32.2. The monoisotopic (exact) mass is 247 g/mol. The zero-order chi connectivity index (χ0) is 12.1. The first-order valence-electron chi connectivity index (χ1n) is 5.20. The summed E-state index contributed by atoms with van der Waals surface area (Å²) in [6.07, 6.45) is 3.69. The van der Waals surface area contributed by atoms with Gasteiger partial charge in [0.15, 0.2) is 5.16 Å². The van der Waals surface area contributed by atoms with Gasteiger partial charge in [0, 0.05) is 18.0 Å². The van der Waals surface area contributed by atoms with E-state index in [9.17, 15) is 0 Å². The van der Waals surface area contributed by atoms with E-state index in [0.29, 0.717) is 12.5 Å². The van der Waals surface area contributed by atoms with Crippen molar-refractivity contribution in [1.82, 2.24) is 15.0 Å². The highest BCUT2D eigenvalue weighted by molar-refractivity contribution is 7.98. The van der Waals surface area contributed by atoms with E-state index in [-0.39, 0.29) is 0 Å². The summed E-state index contributed by atoms with van der Waals surface area (Å²) in [5, 5.41) is 0.723. The van der Waals surface area contributed by atoms with Crippen LogP contribution in [0.25, 0.3) is 0 Å². The topological polar surface area (TPSA) is 47.9 Å². The molecule has 0 N–H and O–H groups in total. The Morgan fingerprint density at radius 1 is 1.29 bits per heavy atom. The number of pyridine rings is 1. The number of aromatic nitrogens is 3. The first-order valence-corrected chi connectivity index (χ1v) is 6.43. The summed E-state index contributed by atoms with van der Waals surface area (Å²) in [4.78, 5) is 12.7. The molecule has 0 saturated heterocycles. The van der Waals surface area contributed by atoms with Gasteiger partial charge >= 0.3 is 0 Å². The minimum Gasteiger partial charge on any atom is -0.471 e. The largest absolute Gasteiger partial charge is 0.471 e. The molecule has 0 radical (unpaired) electrons. The van der Waals surface area contributed by atoms with Gasteiger partial charge in [0.05, 0.1) is 5.69 Å². The smallest absolute Gasteiger partial charge is 0.217 e. The summed E-state index contributed by atoms with van der Waals surface area (Å²) in [5.74, 6) is 0.590. The number of aryl methyl sites for hydroxylation is 1. The lowest BCUT2D eigenvalue weighted by molar-refractivity contribution is 0.285. The fourth-order valence-electron chi connectivity index (χ4n) is 1.31. The molecule has 2 rings (SSSR count). The molecule has 0 amide bonds. The summed E-state index contributed by atoms with van der Waals surface area (Å²) in [6, 6.07) is 7.56. The second kappa shape index (κ2) is 5.63. The van der Waals surface area contributed by atoms with E-state index in [1.807, 2.05) is 37.4 Å². The number of hydrogen-bond donors (Lipinski definition) is 0. The Kier molecular flexibility index (Phi) is 3.93. The van der Waals surface area contributed by atoms with Gasteiger partial charge in [-0.05, 0) is 25.3 Å². The molecule has 4 nitrogen and oxygen atoms in total. The molecule has 0 spiro atoms. The molecule has 2 aromatic heterocycles. The predicted octanol–water partition coefficient (Wildman–Crippen LogP) is 2.48. The molecule has 2 heterocycles. The SMILES string of the molecule is CSc1nc(C)cc(OCc2ccccn2)n1. The maximum Gasteiger partial charge on any atom is 0.217 e. The first kappa shape index (κ1) is 11.9. The summed E-state index contributed by atoms with van der Waals surface area (Å²) >= 11 is 1.50. The molecule has 0 atom stereocenters. The lowest BCUT2D eigenvalue weighted by Gasteiger charge is -2.06. The molecular formula is C12H13N3OS. The third-order valence-electron chi connectivity index (χ3n) is 2.09. The van der Waals surface area contributed by atoms with Crippen molar-refractivity contribution in [3.63, 3.8) is 0 Å². The van der Waals surface area contributed by atoms with Crippen LogP contribution in [-0.2, 0) is 6.61 Å². The molecule has 0 aliphatic rings. The zero-order valence-electron chi connectivity index (χ0n) is 9.75. The van der Waals surface area contributed by atoms with Gasteiger partial charge in [0.1, 0.15) is 6.61 Å². The average Bonchev–Trinajstić information content (AvgIpc) is 2.37. The van der Waals surface area contributed by atoms with Crippen LogP contribution in [-0.4, -0.2) is 21.2 Å². The molecule has 5 heteroatoms. The number of nitrogens with zero attached hydrogens (tertiary/aromatic N) is 3. The second-order valence-electron chi connectivity index (χ2n) is 3.44. The quantitative estimate of drug-likeness (QED) is 0.613. The maximum atomic E-state index is 5.59. The lowest BCUT2D eigenvalue weighted by atomic mass is 10.4. The van der Waals surface area contributed by atoms with Crippen LogP contribution in [0, 0.1) is 6.92 Å². The van der Waals surface area contributed by atoms with Crippen molar-refractivity contribution >= 4 is 11.8 Å². The van der Waals surface area contributed by atoms with E-state index in [0.717, 1.165) is 16.5 Å². The van der Waals surface area contributed by atoms with Gasteiger partial charge in [0.25, 0.3) is 0 Å². The van der Waals surface area contributed by atoms with Crippen LogP contribution in [0.15, 0.2) is 35.6 Å². The van der Waals surface area contributed by atoms with Gasteiger partial charge in [-0.1, -0.05) is 17.8 Å². The van der Waals surface area contributed by atoms with Crippen LogP contribution in [0.3, 0.4) is 0 Å². The fourth-order valence-corrected chi connectivity index (χ4v) is 1.73. The van der Waals surface area contributed by atoms with Crippen molar-refractivity contribution < 1.29 is 4.74 Å². The van der Waals surface area contributed by atoms with Crippen molar-refractivity contribution in [2.24, 2.45) is 0 Å². The van der Waals surface area contributed by atoms with Crippen LogP contribution in [0.2, 0.25) is 0 Å². The van der Waals surface area contributed by atoms with Crippen molar-refractivity contribution in [1.29, 1.82) is 0 Å². The number of hydrogen-bond acceptors (Lipinski definition) is 5. The highest BCUT2D eigenvalue weighted by Gasteiger charge is 2.02. The van der Waals surface area contributed by atoms with Gasteiger partial charge in [-0.25, -0.2) is 4.98 Å². The molecule has 0 aliphatic carbocycles. The van der Waals surface area contributed by atoms with Gasteiger partial charge < -0.3 is 4.74 Å². The van der Waals surface area contributed by atoms with Gasteiger partial charge in [-0.2, -0.15) is 4.98 Å². The Balaban J connectivity index is 2.06. The summed E-state index contributed by atoms with van der Waals surface area (Å²) in [7, 11) is 0. The average molecular weight is 247 g/mol. The van der Waals surface area contributed by atoms with Crippen molar-refractivity contribution in [2.45, 2.75) is 18.7 Å². The van der Waals surface area contributed by atoms with Crippen LogP contribution < -0.4 is 4.74 Å². The summed E-state index contributed by atoms with van der Waals surface area (Å²) < 4.78 is 5.59. The minimum absolute atomic E-state index is 0.422. The number of thioether (sulfide) groups is 1. The fraction of sp³-hybridized carbons (Fsp3) is 0.250. The van der Waals surface area contributed by atoms with E-state index >= 15 is 0 Å². The molecule has 0 fully saturated rings. The molecule has 0 aliphatic heterocycles. The van der Waals surface area contributed by atoms with Crippen molar-refractivity contribution in [2.75, 3.05) is 6.26 Å². The van der Waals surface area contributed by atoms with Crippen molar-refractivity contribution in [3.05, 3.63) is 41.9 Å². The molecule has 88 valence electrons. The molecule has 2 aromatic rings. The Labute approximate surface area is 104 Å². The Morgan fingerprint density at radius 3 is 2.88 bits per heavy atom. The van der Waals surface area contributed by atoms with E-state index < -0.39 is 0 Å². The molecular weight excluding hydrogens is 234 g/mol. The Bertz CT molecular complexity index is 490. The molecule has 17 heavy (non-hydrogen) atoms. The van der Waals surface area contributed by atoms with Gasteiger partial charge in [0.2, 0.25) is 5.88 Å². The lowest BCUT2D eigenvalue weighted by Crippen LogP contribution is -2.01. The highest BCUT2D eigenvalue weighted by Crippen LogP contribution is 2.16. The van der Waals surface area contributed by atoms with Crippen LogP contribution in [0.5, 0.6) is 5.88 Å². The minimum atomic E-state index is 0.422.